The van der Waals surface area contributed by atoms with E-state index in [0.717, 1.165) is 17.7 Å². The van der Waals surface area contributed by atoms with Gasteiger partial charge in [0.1, 0.15) is 11.5 Å². The van der Waals surface area contributed by atoms with Gasteiger partial charge in [-0.2, -0.15) is 0 Å². The van der Waals surface area contributed by atoms with Gasteiger partial charge in [0.05, 0.1) is 17.3 Å². The van der Waals surface area contributed by atoms with E-state index in [1.807, 2.05) is 31.2 Å². The molecule has 5 nitrogen and oxygen atoms in total. The standard InChI is InChI=1S/C25H21Cl2NO4/c1-2-15-31-20-9-3-17(4-10-20)5-14-24(29)32-21-11-6-18(7-12-21)25(30)28-23-16-19(26)8-13-22(23)27/h3-14,16H,2,15H2,1H3,(H,28,30)/b14-5+. The lowest BCUT2D eigenvalue weighted by Gasteiger charge is -2.08. The number of anilines is 1. The van der Waals surface area contributed by atoms with Crippen molar-refractivity contribution in [3.8, 4) is 11.5 Å². The maximum absolute atomic E-state index is 12.4. The molecule has 0 heterocycles. The van der Waals surface area contributed by atoms with Crippen LogP contribution >= 0.6 is 23.2 Å². The maximum atomic E-state index is 12.4. The molecule has 0 spiro atoms. The number of nitrogens with one attached hydrogen (secondary N) is 1. The highest BCUT2D eigenvalue weighted by molar-refractivity contribution is 6.35. The lowest BCUT2D eigenvalue weighted by Crippen LogP contribution is -2.12. The van der Waals surface area contributed by atoms with Gasteiger partial charge in [0.25, 0.3) is 5.91 Å². The molecule has 0 aliphatic rings. The predicted molar refractivity (Wildman–Crippen MR) is 128 cm³/mol. The summed E-state index contributed by atoms with van der Waals surface area (Å²) in [4.78, 5) is 24.5. The summed E-state index contributed by atoms with van der Waals surface area (Å²) in [6.45, 7) is 2.71. The lowest BCUT2D eigenvalue weighted by atomic mass is 10.2. The van der Waals surface area contributed by atoms with Gasteiger partial charge in [-0.25, -0.2) is 4.79 Å². The quantitative estimate of drug-likeness (QED) is 0.227. The first-order valence-corrected chi connectivity index (χ1v) is 10.7. The van der Waals surface area contributed by atoms with Gasteiger partial charge in [-0.15, -0.1) is 0 Å². The zero-order chi connectivity index (χ0) is 22.9. The number of carbonyl (C=O) groups is 2. The van der Waals surface area contributed by atoms with E-state index in [1.165, 1.54) is 6.08 Å². The van der Waals surface area contributed by atoms with Gasteiger partial charge >= 0.3 is 5.97 Å². The van der Waals surface area contributed by atoms with Crippen molar-refractivity contribution in [2.45, 2.75) is 13.3 Å². The molecular formula is C25H21Cl2NO4. The van der Waals surface area contributed by atoms with Gasteiger partial charge in [0.2, 0.25) is 0 Å². The molecule has 0 aliphatic heterocycles. The van der Waals surface area contributed by atoms with Crippen LogP contribution in [0.3, 0.4) is 0 Å². The molecule has 3 aromatic carbocycles. The smallest absolute Gasteiger partial charge is 0.336 e. The van der Waals surface area contributed by atoms with Gasteiger partial charge < -0.3 is 14.8 Å². The zero-order valence-corrected chi connectivity index (χ0v) is 18.8. The van der Waals surface area contributed by atoms with Crippen molar-refractivity contribution in [3.05, 3.63) is 94.0 Å². The van der Waals surface area contributed by atoms with Crippen LogP contribution < -0.4 is 14.8 Å². The van der Waals surface area contributed by atoms with Gasteiger partial charge in [-0.05, 0) is 72.7 Å². The monoisotopic (exact) mass is 469 g/mol. The van der Waals surface area contributed by atoms with Gasteiger partial charge in [0.15, 0.2) is 0 Å². The molecule has 0 radical (unpaired) electrons. The number of esters is 1. The van der Waals surface area contributed by atoms with E-state index in [1.54, 1.807) is 48.5 Å². The summed E-state index contributed by atoms with van der Waals surface area (Å²) in [7, 11) is 0. The predicted octanol–water partition coefficient (Wildman–Crippen LogP) is 6.65. The highest BCUT2D eigenvalue weighted by Crippen LogP contribution is 2.26. The Labute approximate surface area is 196 Å². The second-order valence-corrected chi connectivity index (χ2v) is 7.62. The van der Waals surface area contributed by atoms with E-state index < -0.39 is 5.97 Å². The van der Waals surface area contributed by atoms with Gasteiger partial charge in [-0.1, -0.05) is 42.3 Å². The van der Waals surface area contributed by atoms with Crippen LogP contribution in [0.1, 0.15) is 29.3 Å². The molecule has 7 heteroatoms. The molecule has 164 valence electrons. The second kappa shape index (κ2) is 11.4. The van der Waals surface area contributed by atoms with Crippen molar-refractivity contribution in [2.75, 3.05) is 11.9 Å². The van der Waals surface area contributed by atoms with Crippen LogP contribution in [0.5, 0.6) is 11.5 Å². The van der Waals surface area contributed by atoms with E-state index in [2.05, 4.69) is 5.32 Å². The Hall–Kier alpha value is -3.28. The molecule has 3 rings (SSSR count). The van der Waals surface area contributed by atoms with Crippen LogP contribution in [0.4, 0.5) is 5.69 Å². The highest BCUT2D eigenvalue weighted by Gasteiger charge is 2.10. The summed E-state index contributed by atoms with van der Waals surface area (Å²) in [5, 5.41) is 3.53. The van der Waals surface area contributed by atoms with E-state index in [9.17, 15) is 9.59 Å². The molecule has 0 fully saturated rings. The number of ether oxygens (including phenoxy) is 2. The molecule has 0 aliphatic carbocycles. The van der Waals surface area contributed by atoms with Crippen molar-refractivity contribution in [1.29, 1.82) is 0 Å². The van der Waals surface area contributed by atoms with Crippen molar-refractivity contribution >= 4 is 46.8 Å². The minimum atomic E-state index is -0.528. The molecule has 1 N–H and O–H groups in total. The molecule has 0 aromatic heterocycles. The number of hydrogen-bond acceptors (Lipinski definition) is 4. The fourth-order valence-electron chi connectivity index (χ4n) is 2.67. The van der Waals surface area contributed by atoms with Crippen LogP contribution in [0.15, 0.2) is 72.8 Å². The third kappa shape index (κ3) is 6.87. The molecular weight excluding hydrogens is 449 g/mol. The summed E-state index contributed by atoms with van der Waals surface area (Å²) in [5.74, 6) is 0.214. The molecule has 0 atom stereocenters. The number of rotatable bonds is 8. The summed E-state index contributed by atoms with van der Waals surface area (Å²) >= 11 is 12.0. The van der Waals surface area contributed by atoms with Crippen LogP contribution in [-0.4, -0.2) is 18.5 Å². The Morgan fingerprint density at radius 3 is 2.31 bits per heavy atom. The third-order valence-electron chi connectivity index (χ3n) is 4.28. The fraction of sp³-hybridized carbons (Fsp3) is 0.120. The summed E-state index contributed by atoms with van der Waals surface area (Å²) < 4.78 is 10.8. The summed E-state index contributed by atoms with van der Waals surface area (Å²) in [6.07, 6.45) is 3.93. The van der Waals surface area contributed by atoms with Crippen molar-refractivity contribution in [2.24, 2.45) is 0 Å². The first kappa shape index (κ1) is 23.4. The van der Waals surface area contributed by atoms with E-state index in [0.29, 0.717) is 33.7 Å². The number of halogens is 2. The number of carbonyl (C=O) groups excluding carboxylic acids is 2. The largest absolute Gasteiger partial charge is 0.494 e. The Morgan fingerprint density at radius 1 is 0.938 bits per heavy atom. The second-order valence-electron chi connectivity index (χ2n) is 6.77. The van der Waals surface area contributed by atoms with Crippen LogP contribution in [0.25, 0.3) is 6.08 Å². The normalized spacial score (nSPS) is 10.7. The highest BCUT2D eigenvalue weighted by atomic mass is 35.5. The number of benzene rings is 3. The first-order valence-electron chi connectivity index (χ1n) is 9.94. The topological polar surface area (TPSA) is 64.6 Å². The molecule has 0 saturated carbocycles. The van der Waals surface area contributed by atoms with Gasteiger partial charge in [0, 0.05) is 16.7 Å². The lowest BCUT2D eigenvalue weighted by molar-refractivity contribution is -0.128. The average Bonchev–Trinajstić information content (AvgIpc) is 2.80. The van der Waals surface area contributed by atoms with Crippen molar-refractivity contribution in [1.82, 2.24) is 0 Å². The maximum Gasteiger partial charge on any atom is 0.336 e. The van der Waals surface area contributed by atoms with Gasteiger partial charge in [-0.3, -0.25) is 4.79 Å². The number of hydrogen-bond donors (Lipinski definition) is 1. The average molecular weight is 470 g/mol. The van der Waals surface area contributed by atoms with E-state index in [-0.39, 0.29) is 5.91 Å². The zero-order valence-electron chi connectivity index (χ0n) is 17.3. The third-order valence-corrected chi connectivity index (χ3v) is 4.84. The Kier molecular flexibility index (Phi) is 8.31. The molecule has 0 saturated heterocycles. The fourth-order valence-corrected chi connectivity index (χ4v) is 3.01. The Morgan fingerprint density at radius 2 is 1.62 bits per heavy atom. The van der Waals surface area contributed by atoms with Crippen LogP contribution in [0, 0.1) is 0 Å². The minimum Gasteiger partial charge on any atom is -0.494 e. The SMILES string of the molecule is CCCOc1ccc(/C=C/C(=O)Oc2ccc(C(=O)Nc3cc(Cl)ccc3Cl)cc2)cc1. The van der Waals surface area contributed by atoms with E-state index in [4.69, 9.17) is 32.7 Å². The minimum absolute atomic E-state index is 0.320. The van der Waals surface area contributed by atoms with Crippen LogP contribution in [-0.2, 0) is 4.79 Å². The number of amides is 1. The Bertz CT molecular complexity index is 1110. The van der Waals surface area contributed by atoms with Crippen molar-refractivity contribution in [3.63, 3.8) is 0 Å². The summed E-state index contributed by atoms with van der Waals surface area (Å²) in [6, 6.07) is 18.4. The summed E-state index contributed by atoms with van der Waals surface area (Å²) in [5.41, 5.74) is 1.63. The molecule has 1 amide bonds. The molecule has 32 heavy (non-hydrogen) atoms. The molecule has 0 unspecified atom stereocenters. The molecule has 3 aromatic rings. The Balaban J connectivity index is 1.55. The van der Waals surface area contributed by atoms with Crippen molar-refractivity contribution < 1.29 is 19.1 Å². The van der Waals surface area contributed by atoms with Crippen LogP contribution in [0.2, 0.25) is 10.0 Å². The molecule has 0 bridgehead atoms. The first-order chi connectivity index (χ1) is 15.4. The van der Waals surface area contributed by atoms with E-state index >= 15 is 0 Å².